The highest BCUT2D eigenvalue weighted by Crippen LogP contribution is 2.08. The van der Waals surface area contributed by atoms with E-state index >= 15 is 0 Å². The van der Waals surface area contributed by atoms with Crippen molar-refractivity contribution in [3.8, 4) is 0 Å². The number of hydrogen-bond acceptors (Lipinski definition) is 3. The molecule has 0 aliphatic rings. The van der Waals surface area contributed by atoms with Crippen LogP contribution in [0.25, 0.3) is 0 Å². The molecular formula is C16H27N3O. The molecule has 0 spiro atoms. The summed E-state index contributed by atoms with van der Waals surface area (Å²) >= 11 is 0. The van der Waals surface area contributed by atoms with Gasteiger partial charge >= 0.3 is 0 Å². The first-order valence-corrected chi connectivity index (χ1v) is 7.26. The zero-order chi connectivity index (χ0) is 15.0. The van der Waals surface area contributed by atoms with Gasteiger partial charge in [-0.1, -0.05) is 12.1 Å². The highest BCUT2D eigenvalue weighted by atomic mass is 16.1. The van der Waals surface area contributed by atoms with E-state index in [0.717, 1.165) is 30.8 Å². The molecule has 0 saturated heterocycles. The van der Waals surface area contributed by atoms with Crippen LogP contribution in [0.15, 0.2) is 24.3 Å². The summed E-state index contributed by atoms with van der Waals surface area (Å²) in [7, 11) is 2.12. The standard InChI is InChI=1S/C16H27N3O/c1-13(2)19(4)10-6-9-17-12-16(20)18-15-8-5-7-14(3)11-15/h5,7-8,11,13,17H,6,9-10,12H2,1-4H3,(H,18,20). The first-order chi connectivity index (χ1) is 9.49. The Kier molecular flexibility index (Phi) is 7.26. The van der Waals surface area contributed by atoms with Gasteiger partial charge in [-0.25, -0.2) is 0 Å². The molecule has 0 radical (unpaired) electrons. The highest BCUT2D eigenvalue weighted by Gasteiger charge is 2.03. The van der Waals surface area contributed by atoms with E-state index in [-0.39, 0.29) is 5.91 Å². The lowest BCUT2D eigenvalue weighted by molar-refractivity contribution is -0.115. The summed E-state index contributed by atoms with van der Waals surface area (Å²) in [5.74, 6) is 0.00724. The minimum Gasteiger partial charge on any atom is -0.325 e. The molecule has 0 fully saturated rings. The summed E-state index contributed by atoms with van der Waals surface area (Å²) in [6.45, 7) is 8.65. The van der Waals surface area contributed by atoms with Gasteiger partial charge in [0.15, 0.2) is 0 Å². The maximum atomic E-state index is 11.7. The second-order valence-corrected chi connectivity index (χ2v) is 5.52. The van der Waals surface area contributed by atoms with Crippen LogP contribution in [0.1, 0.15) is 25.8 Å². The van der Waals surface area contributed by atoms with E-state index in [0.29, 0.717) is 12.6 Å². The predicted octanol–water partition coefficient (Wildman–Crippen LogP) is 2.25. The van der Waals surface area contributed by atoms with Crippen LogP contribution >= 0.6 is 0 Å². The Labute approximate surface area is 122 Å². The number of carbonyl (C=O) groups excluding carboxylic acids is 1. The lowest BCUT2D eigenvalue weighted by Crippen LogP contribution is -2.32. The molecule has 20 heavy (non-hydrogen) atoms. The lowest BCUT2D eigenvalue weighted by Gasteiger charge is -2.20. The first kappa shape index (κ1) is 16.7. The Morgan fingerprint density at radius 2 is 2.10 bits per heavy atom. The molecule has 2 N–H and O–H groups in total. The number of nitrogens with zero attached hydrogens (tertiary/aromatic N) is 1. The Bertz CT molecular complexity index is 418. The molecular weight excluding hydrogens is 250 g/mol. The van der Waals surface area contributed by atoms with E-state index in [2.05, 4.69) is 36.4 Å². The second-order valence-electron chi connectivity index (χ2n) is 5.52. The average Bonchev–Trinajstić information content (AvgIpc) is 2.37. The van der Waals surface area contributed by atoms with Crippen molar-refractivity contribution in [2.75, 3.05) is 32.0 Å². The minimum atomic E-state index is 0.00724. The number of benzene rings is 1. The molecule has 1 rings (SSSR count). The largest absolute Gasteiger partial charge is 0.325 e. The Morgan fingerprint density at radius 1 is 1.35 bits per heavy atom. The third kappa shape index (κ3) is 6.68. The van der Waals surface area contributed by atoms with Crippen LogP contribution in [0.4, 0.5) is 5.69 Å². The number of aryl methyl sites for hydroxylation is 1. The molecule has 0 aliphatic heterocycles. The van der Waals surface area contributed by atoms with Crippen LogP contribution in [0, 0.1) is 6.92 Å². The van der Waals surface area contributed by atoms with Gasteiger partial charge in [0.1, 0.15) is 0 Å². The van der Waals surface area contributed by atoms with Crippen molar-refractivity contribution >= 4 is 11.6 Å². The van der Waals surface area contributed by atoms with Crippen LogP contribution in [0.5, 0.6) is 0 Å². The van der Waals surface area contributed by atoms with Crippen LogP contribution in [-0.2, 0) is 4.79 Å². The second kappa shape index (κ2) is 8.72. The van der Waals surface area contributed by atoms with Gasteiger partial charge in [-0.2, -0.15) is 0 Å². The summed E-state index contributed by atoms with van der Waals surface area (Å²) in [5.41, 5.74) is 2.00. The van der Waals surface area contributed by atoms with Gasteiger partial charge in [0.25, 0.3) is 0 Å². The number of hydrogen-bond donors (Lipinski definition) is 2. The summed E-state index contributed by atoms with van der Waals surface area (Å²) in [5, 5.41) is 6.06. The van der Waals surface area contributed by atoms with Gasteiger partial charge in [-0.05, 0) is 65.0 Å². The van der Waals surface area contributed by atoms with E-state index in [1.807, 2.05) is 31.2 Å². The third-order valence-corrected chi connectivity index (χ3v) is 3.33. The first-order valence-electron chi connectivity index (χ1n) is 7.26. The fourth-order valence-electron chi connectivity index (χ4n) is 1.84. The summed E-state index contributed by atoms with van der Waals surface area (Å²) in [6, 6.07) is 8.40. The fraction of sp³-hybridized carbons (Fsp3) is 0.562. The van der Waals surface area contributed by atoms with Gasteiger partial charge in [0.05, 0.1) is 6.54 Å². The molecule has 1 amide bonds. The number of rotatable bonds is 8. The number of nitrogens with one attached hydrogen (secondary N) is 2. The monoisotopic (exact) mass is 277 g/mol. The lowest BCUT2D eigenvalue weighted by atomic mass is 10.2. The molecule has 0 bridgehead atoms. The van der Waals surface area contributed by atoms with Crippen molar-refractivity contribution in [3.63, 3.8) is 0 Å². The SMILES string of the molecule is Cc1cccc(NC(=O)CNCCCN(C)C(C)C)c1. The van der Waals surface area contributed by atoms with Gasteiger partial charge in [-0.3, -0.25) is 4.79 Å². The average molecular weight is 277 g/mol. The smallest absolute Gasteiger partial charge is 0.238 e. The van der Waals surface area contributed by atoms with Crippen molar-refractivity contribution in [2.45, 2.75) is 33.2 Å². The van der Waals surface area contributed by atoms with Crippen molar-refractivity contribution in [1.29, 1.82) is 0 Å². The van der Waals surface area contributed by atoms with Gasteiger partial charge in [0.2, 0.25) is 5.91 Å². The fourth-order valence-corrected chi connectivity index (χ4v) is 1.84. The number of amides is 1. The van der Waals surface area contributed by atoms with E-state index in [1.165, 1.54) is 0 Å². The highest BCUT2D eigenvalue weighted by molar-refractivity contribution is 5.92. The molecule has 0 aliphatic carbocycles. The Hall–Kier alpha value is -1.39. The van der Waals surface area contributed by atoms with Gasteiger partial charge in [0, 0.05) is 11.7 Å². The predicted molar refractivity (Wildman–Crippen MR) is 85.1 cm³/mol. The van der Waals surface area contributed by atoms with Crippen LogP contribution < -0.4 is 10.6 Å². The molecule has 112 valence electrons. The van der Waals surface area contributed by atoms with E-state index in [4.69, 9.17) is 0 Å². The molecule has 1 aromatic rings. The van der Waals surface area contributed by atoms with E-state index < -0.39 is 0 Å². The molecule has 0 aromatic heterocycles. The van der Waals surface area contributed by atoms with Crippen LogP contribution in [0.2, 0.25) is 0 Å². The summed E-state index contributed by atoms with van der Waals surface area (Å²) < 4.78 is 0. The molecule has 0 saturated carbocycles. The molecule has 1 aromatic carbocycles. The zero-order valence-corrected chi connectivity index (χ0v) is 13.1. The summed E-state index contributed by atoms with van der Waals surface area (Å²) in [4.78, 5) is 14.0. The van der Waals surface area contributed by atoms with Gasteiger partial charge < -0.3 is 15.5 Å². The van der Waals surface area contributed by atoms with Crippen molar-refractivity contribution < 1.29 is 4.79 Å². The Morgan fingerprint density at radius 3 is 2.75 bits per heavy atom. The Balaban J connectivity index is 2.15. The number of anilines is 1. The molecule has 0 atom stereocenters. The molecule has 4 heteroatoms. The van der Waals surface area contributed by atoms with E-state index in [1.54, 1.807) is 0 Å². The van der Waals surface area contributed by atoms with Gasteiger partial charge in [-0.15, -0.1) is 0 Å². The minimum absolute atomic E-state index is 0.00724. The summed E-state index contributed by atoms with van der Waals surface area (Å²) in [6.07, 6.45) is 1.05. The zero-order valence-electron chi connectivity index (χ0n) is 13.1. The third-order valence-electron chi connectivity index (χ3n) is 3.33. The normalized spacial score (nSPS) is 11.1. The topological polar surface area (TPSA) is 44.4 Å². The van der Waals surface area contributed by atoms with Crippen molar-refractivity contribution in [2.24, 2.45) is 0 Å². The molecule has 0 unspecified atom stereocenters. The molecule has 4 nitrogen and oxygen atoms in total. The molecule has 0 heterocycles. The van der Waals surface area contributed by atoms with E-state index in [9.17, 15) is 4.79 Å². The van der Waals surface area contributed by atoms with Crippen molar-refractivity contribution in [3.05, 3.63) is 29.8 Å². The number of carbonyl (C=O) groups is 1. The van der Waals surface area contributed by atoms with Crippen LogP contribution in [0.3, 0.4) is 0 Å². The van der Waals surface area contributed by atoms with Crippen molar-refractivity contribution in [1.82, 2.24) is 10.2 Å². The maximum absolute atomic E-state index is 11.7. The maximum Gasteiger partial charge on any atom is 0.238 e. The quantitative estimate of drug-likeness (QED) is 0.716. The van der Waals surface area contributed by atoms with Crippen LogP contribution in [-0.4, -0.2) is 43.5 Å².